The number of sulfone groups is 1. The highest BCUT2D eigenvalue weighted by Gasteiger charge is 2.05. The molecule has 0 aliphatic rings. The molecule has 0 spiro atoms. The van der Waals surface area contributed by atoms with Crippen molar-refractivity contribution in [3.05, 3.63) is 24.3 Å². The third kappa shape index (κ3) is 5.16. The molecule has 0 aromatic heterocycles. The van der Waals surface area contributed by atoms with Crippen molar-refractivity contribution in [2.24, 2.45) is 5.73 Å². The minimum Gasteiger partial charge on any atom is -0.492 e. The maximum Gasteiger partial charge on any atom is 0.175 e. The average Bonchev–Trinajstić information content (AvgIpc) is 2.28. The fourth-order valence-electron chi connectivity index (χ4n) is 1.25. The Hall–Kier alpha value is -1.11. The Morgan fingerprint density at radius 3 is 2.41 bits per heavy atom. The van der Waals surface area contributed by atoms with Gasteiger partial charge in [0.1, 0.15) is 12.4 Å². The van der Waals surface area contributed by atoms with Crippen LogP contribution in [0.2, 0.25) is 0 Å². The molecule has 0 bridgehead atoms. The van der Waals surface area contributed by atoms with Gasteiger partial charge in [0.2, 0.25) is 0 Å². The monoisotopic (exact) mass is 258 g/mol. The van der Waals surface area contributed by atoms with Crippen LogP contribution in [0.15, 0.2) is 29.2 Å². The Bertz CT molecular complexity index is 429. The zero-order valence-electron chi connectivity index (χ0n) is 9.85. The second kappa shape index (κ2) is 6.58. The number of benzene rings is 1. The van der Waals surface area contributed by atoms with E-state index >= 15 is 0 Å². The summed E-state index contributed by atoms with van der Waals surface area (Å²) in [4.78, 5) is 0.297. The first-order valence-electron chi connectivity index (χ1n) is 5.38. The summed E-state index contributed by atoms with van der Waals surface area (Å²) in [7, 11) is -3.13. The molecule has 0 aliphatic carbocycles. The molecule has 0 heterocycles. The van der Waals surface area contributed by atoms with Gasteiger partial charge >= 0.3 is 0 Å². The fraction of sp³-hybridized carbons (Fsp3) is 0.455. The SMILES string of the molecule is CS(=O)(=O)c1ccc(OCCNCCN)cc1. The first kappa shape index (κ1) is 14.0. The smallest absolute Gasteiger partial charge is 0.175 e. The molecule has 17 heavy (non-hydrogen) atoms. The Kier molecular flexibility index (Phi) is 5.40. The van der Waals surface area contributed by atoms with Crippen LogP contribution in [0.4, 0.5) is 0 Å². The van der Waals surface area contributed by atoms with Gasteiger partial charge in [-0.3, -0.25) is 0 Å². The topological polar surface area (TPSA) is 81.4 Å². The molecular formula is C11H18N2O3S. The van der Waals surface area contributed by atoms with Gasteiger partial charge in [-0.25, -0.2) is 8.42 Å². The molecule has 1 aromatic rings. The van der Waals surface area contributed by atoms with Crippen LogP contribution in [0, 0.1) is 0 Å². The summed E-state index contributed by atoms with van der Waals surface area (Å²) in [5.41, 5.74) is 5.32. The van der Waals surface area contributed by atoms with E-state index in [1.807, 2.05) is 0 Å². The molecule has 0 saturated carbocycles. The van der Waals surface area contributed by atoms with Gasteiger partial charge in [0.15, 0.2) is 9.84 Å². The molecule has 96 valence electrons. The zero-order valence-corrected chi connectivity index (χ0v) is 10.7. The van der Waals surface area contributed by atoms with Crippen LogP contribution in [0.5, 0.6) is 5.75 Å². The van der Waals surface area contributed by atoms with E-state index < -0.39 is 9.84 Å². The third-order valence-corrected chi connectivity index (χ3v) is 3.25. The maximum absolute atomic E-state index is 11.2. The third-order valence-electron chi connectivity index (χ3n) is 2.12. The molecule has 6 heteroatoms. The second-order valence-electron chi connectivity index (χ2n) is 3.63. The van der Waals surface area contributed by atoms with Gasteiger partial charge in [-0.2, -0.15) is 0 Å². The van der Waals surface area contributed by atoms with Crippen LogP contribution in [0.3, 0.4) is 0 Å². The van der Waals surface area contributed by atoms with Crippen molar-refractivity contribution in [3.63, 3.8) is 0 Å². The lowest BCUT2D eigenvalue weighted by molar-refractivity contribution is 0.314. The average molecular weight is 258 g/mol. The number of hydrogen-bond acceptors (Lipinski definition) is 5. The quantitative estimate of drug-likeness (QED) is 0.674. The Morgan fingerprint density at radius 1 is 1.24 bits per heavy atom. The summed E-state index contributed by atoms with van der Waals surface area (Å²) in [6.07, 6.45) is 1.18. The molecule has 0 atom stereocenters. The molecule has 3 N–H and O–H groups in total. The minimum absolute atomic E-state index is 0.297. The first-order chi connectivity index (χ1) is 8.04. The Labute approximate surface area is 102 Å². The molecule has 0 amide bonds. The van der Waals surface area contributed by atoms with Crippen LogP contribution in [-0.4, -0.2) is 40.9 Å². The van der Waals surface area contributed by atoms with Gasteiger partial charge in [0, 0.05) is 25.9 Å². The summed E-state index contributed by atoms with van der Waals surface area (Å²) in [6.45, 7) is 2.60. The van der Waals surface area contributed by atoms with Crippen LogP contribution < -0.4 is 15.8 Å². The largest absolute Gasteiger partial charge is 0.492 e. The second-order valence-corrected chi connectivity index (χ2v) is 5.65. The van der Waals surface area contributed by atoms with E-state index in [0.717, 1.165) is 6.54 Å². The number of rotatable bonds is 7. The lowest BCUT2D eigenvalue weighted by Gasteiger charge is -2.07. The van der Waals surface area contributed by atoms with Crippen LogP contribution in [0.1, 0.15) is 0 Å². The number of nitrogens with two attached hydrogens (primary N) is 1. The predicted octanol–water partition coefficient (Wildman–Crippen LogP) is 0.0172. The van der Waals surface area contributed by atoms with Crippen molar-refractivity contribution in [2.75, 3.05) is 32.5 Å². The van der Waals surface area contributed by atoms with Crippen molar-refractivity contribution >= 4 is 9.84 Å². The first-order valence-corrected chi connectivity index (χ1v) is 7.27. The molecule has 1 rings (SSSR count). The molecular weight excluding hydrogens is 240 g/mol. The number of hydrogen-bond donors (Lipinski definition) is 2. The van der Waals surface area contributed by atoms with Gasteiger partial charge < -0.3 is 15.8 Å². The van der Waals surface area contributed by atoms with Crippen molar-refractivity contribution in [3.8, 4) is 5.75 Å². The Morgan fingerprint density at radius 2 is 1.88 bits per heavy atom. The highest BCUT2D eigenvalue weighted by atomic mass is 32.2. The standard InChI is InChI=1S/C11H18N2O3S/c1-17(14,15)11-4-2-10(3-5-11)16-9-8-13-7-6-12/h2-5,13H,6-9,12H2,1H3. The number of ether oxygens (including phenoxy) is 1. The molecule has 5 nitrogen and oxygen atoms in total. The normalized spacial score (nSPS) is 11.4. The van der Waals surface area contributed by atoms with Crippen LogP contribution in [0.25, 0.3) is 0 Å². The molecule has 1 aromatic carbocycles. The van der Waals surface area contributed by atoms with Crippen molar-refractivity contribution in [1.29, 1.82) is 0 Å². The summed E-state index contributed by atoms with van der Waals surface area (Å²) >= 11 is 0. The van der Waals surface area contributed by atoms with Gasteiger partial charge in [0.05, 0.1) is 4.90 Å². The number of nitrogens with one attached hydrogen (secondary N) is 1. The van der Waals surface area contributed by atoms with Crippen molar-refractivity contribution in [1.82, 2.24) is 5.32 Å². The van der Waals surface area contributed by atoms with E-state index in [9.17, 15) is 8.42 Å². The Balaban J connectivity index is 2.41. The van der Waals surface area contributed by atoms with E-state index in [1.54, 1.807) is 12.1 Å². The highest BCUT2D eigenvalue weighted by Crippen LogP contribution is 2.15. The van der Waals surface area contributed by atoms with Gasteiger partial charge in [-0.05, 0) is 24.3 Å². The lowest BCUT2D eigenvalue weighted by atomic mass is 10.3. The van der Waals surface area contributed by atoms with E-state index in [4.69, 9.17) is 10.5 Å². The van der Waals surface area contributed by atoms with E-state index in [0.29, 0.717) is 30.3 Å². The summed E-state index contributed by atoms with van der Waals surface area (Å²) in [5, 5.41) is 3.10. The van der Waals surface area contributed by atoms with Crippen molar-refractivity contribution in [2.45, 2.75) is 4.90 Å². The molecule has 0 saturated heterocycles. The predicted molar refractivity (Wildman–Crippen MR) is 67.0 cm³/mol. The minimum atomic E-state index is -3.13. The van der Waals surface area contributed by atoms with Crippen LogP contribution in [-0.2, 0) is 9.84 Å². The fourth-order valence-corrected chi connectivity index (χ4v) is 1.88. The maximum atomic E-state index is 11.2. The van der Waals surface area contributed by atoms with Crippen LogP contribution >= 0.6 is 0 Å². The van der Waals surface area contributed by atoms with E-state index in [1.165, 1.54) is 18.4 Å². The molecule has 0 fully saturated rings. The van der Waals surface area contributed by atoms with Gasteiger partial charge in [-0.1, -0.05) is 0 Å². The summed E-state index contributed by atoms with van der Waals surface area (Å²) in [5.74, 6) is 0.659. The van der Waals surface area contributed by atoms with Gasteiger partial charge in [-0.15, -0.1) is 0 Å². The lowest BCUT2D eigenvalue weighted by Crippen LogP contribution is -2.26. The van der Waals surface area contributed by atoms with E-state index in [-0.39, 0.29) is 0 Å². The molecule has 0 aliphatic heterocycles. The summed E-state index contributed by atoms with van der Waals surface area (Å²) < 4.78 is 27.8. The van der Waals surface area contributed by atoms with E-state index in [2.05, 4.69) is 5.32 Å². The van der Waals surface area contributed by atoms with Gasteiger partial charge in [0.25, 0.3) is 0 Å². The molecule has 0 radical (unpaired) electrons. The summed E-state index contributed by atoms with van der Waals surface area (Å²) in [6, 6.07) is 6.38. The zero-order chi connectivity index (χ0) is 12.7. The highest BCUT2D eigenvalue weighted by molar-refractivity contribution is 7.90. The molecule has 0 unspecified atom stereocenters. The van der Waals surface area contributed by atoms with Crippen molar-refractivity contribution < 1.29 is 13.2 Å².